The molecule has 0 atom stereocenters. The predicted octanol–water partition coefficient (Wildman–Crippen LogP) is 3.24. The van der Waals surface area contributed by atoms with Gasteiger partial charge in [0, 0.05) is 11.2 Å². The Morgan fingerprint density at radius 3 is 2.92 bits per heavy atom. The molecule has 1 heterocycles. The number of rotatable bonds is 2. The molecule has 0 saturated heterocycles. The Balaban J connectivity index is 2.85. The van der Waals surface area contributed by atoms with Crippen molar-refractivity contribution in [1.29, 1.82) is 0 Å². The van der Waals surface area contributed by atoms with Gasteiger partial charge >= 0.3 is 0 Å². The zero-order chi connectivity index (χ0) is 9.84. The number of allylic oxidation sites excluding steroid dienone is 3. The van der Waals surface area contributed by atoms with Crippen LogP contribution in [0.15, 0.2) is 40.8 Å². The van der Waals surface area contributed by atoms with Gasteiger partial charge < -0.3 is 0 Å². The van der Waals surface area contributed by atoms with Crippen molar-refractivity contribution in [2.75, 3.05) is 0 Å². The second-order valence-electron chi connectivity index (χ2n) is 2.83. The zero-order valence-corrected chi connectivity index (χ0v) is 8.67. The molecular formula is C10H13ClN2. The van der Waals surface area contributed by atoms with Crippen LogP contribution in [-0.4, -0.2) is 10.7 Å². The molecule has 0 radical (unpaired) electrons. The quantitative estimate of drug-likeness (QED) is 0.662. The first-order valence-corrected chi connectivity index (χ1v) is 4.59. The van der Waals surface area contributed by atoms with Crippen LogP contribution in [0.3, 0.4) is 0 Å². The molecule has 0 N–H and O–H groups in total. The molecule has 2 nitrogen and oxygen atoms in total. The van der Waals surface area contributed by atoms with Crippen molar-refractivity contribution in [1.82, 2.24) is 5.01 Å². The van der Waals surface area contributed by atoms with Crippen molar-refractivity contribution in [3.8, 4) is 0 Å². The minimum Gasteiger partial charge on any atom is -0.240 e. The number of hydrazone groups is 1. The Kier molecular flexibility index (Phi) is 3.32. The maximum atomic E-state index is 5.75. The fraction of sp³-hybridized carbons (Fsp3) is 0.300. The summed E-state index contributed by atoms with van der Waals surface area (Å²) in [5, 5.41) is 6.71. The number of nitrogens with zero attached hydrogens (tertiary/aromatic N) is 2. The van der Waals surface area contributed by atoms with Gasteiger partial charge in [-0.25, -0.2) is 5.01 Å². The molecular weight excluding hydrogens is 184 g/mol. The standard InChI is InChI=1S/C10H13ClN2/c1-4-10-6-5-9(3)13(12-10)7-8(2)11/h5-7H,3-4H2,1-2H3/b8-7+. The third-order valence-corrected chi connectivity index (χ3v) is 1.76. The minimum absolute atomic E-state index is 0.690. The van der Waals surface area contributed by atoms with E-state index in [2.05, 4.69) is 18.6 Å². The minimum atomic E-state index is 0.690. The van der Waals surface area contributed by atoms with Crippen molar-refractivity contribution in [2.24, 2.45) is 5.10 Å². The second-order valence-corrected chi connectivity index (χ2v) is 3.43. The van der Waals surface area contributed by atoms with E-state index in [0.717, 1.165) is 17.8 Å². The van der Waals surface area contributed by atoms with Crippen LogP contribution in [0, 0.1) is 0 Å². The van der Waals surface area contributed by atoms with Crippen LogP contribution in [0.5, 0.6) is 0 Å². The fourth-order valence-corrected chi connectivity index (χ4v) is 1.07. The van der Waals surface area contributed by atoms with Gasteiger partial charge in [-0.15, -0.1) is 0 Å². The Labute approximate surface area is 83.9 Å². The molecule has 0 saturated carbocycles. The molecule has 0 aromatic rings. The lowest BCUT2D eigenvalue weighted by Crippen LogP contribution is -2.14. The first-order valence-electron chi connectivity index (χ1n) is 4.21. The lowest BCUT2D eigenvalue weighted by Gasteiger charge is -2.19. The summed E-state index contributed by atoms with van der Waals surface area (Å²) in [6.07, 6.45) is 6.57. The predicted molar refractivity (Wildman–Crippen MR) is 57.5 cm³/mol. The van der Waals surface area contributed by atoms with Crippen molar-refractivity contribution in [3.63, 3.8) is 0 Å². The number of hydrogen-bond donors (Lipinski definition) is 0. The van der Waals surface area contributed by atoms with Gasteiger partial charge in [0.2, 0.25) is 0 Å². The first-order chi connectivity index (χ1) is 6.13. The van der Waals surface area contributed by atoms with E-state index in [4.69, 9.17) is 11.6 Å². The van der Waals surface area contributed by atoms with E-state index in [1.807, 2.05) is 19.1 Å². The Hall–Kier alpha value is -1.02. The summed E-state index contributed by atoms with van der Waals surface area (Å²) in [5.41, 5.74) is 1.86. The van der Waals surface area contributed by atoms with Crippen LogP contribution in [0.2, 0.25) is 0 Å². The molecule has 0 aromatic heterocycles. The second kappa shape index (κ2) is 4.28. The molecule has 3 heteroatoms. The summed E-state index contributed by atoms with van der Waals surface area (Å²) in [6.45, 7) is 7.72. The Morgan fingerprint density at radius 1 is 1.69 bits per heavy atom. The Morgan fingerprint density at radius 2 is 2.38 bits per heavy atom. The Bertz CT molecular complexity index is 296. The van der Waals surface area contributed by atoms with E-state index in [9.17, 15) is 0 Å². The van der Waals surface area contributed by atoms with E-state index < -0.39 is 0 Å². The van der Waals surface area contributed by atoms with Gasteiger partial charge in [-0.3, -0.25) is 0 Å². The molecule has 70 valence electrons. The van der Waals surface area contributed by atoms with Gasteiger partial charge in [-0.2, -0.15) is 5.10 Å². The summed E-state index contributed by atoms with van der Waals surface area (Å²) in [4.78, 5) is 0. The average Bonchev–Trinajstić information content (AvgIpc) is 2.08. The summed E-state index contributed by atoms with van der Waals surface area (Å²) < 4.78 is 0. The smallest absolute Gasteiger partial charge is 0.0611 e. The zero-order valence-electron chi connectivity index (χ0n) is 7.92. The van der Waals surface area contributed by atoms with Gasteiger partial charge in [0.05, 0.1) is 11.4 Å². The maximum absolute atomic E-state index is 5.75. The molecule has 0 bridgehead atoms. The van der Waals surface area contributed by atoms with Gasteiger partial charge in [-0.1, -0.05) is 25.1 Å². The largest absolute Gasteiger partial charge is 0.240 e. The highest BCUT2D eigenvalue weighted by atomic mass is 35.5. The van der Waals surface area contributed by atoms with Crippen molar-refractivity contribution in [2.45, 2.75) is 20.3 Å². The summed E-state index contributed by atoms with van der Waals surface area (Å²) in [6, 6.07) is 0. The van der Waals surface area contributed by atoms with E-state index >= 15 is 0 Å². The molecule has 0 fully saturated rings. The van der Waals surface area contributed by atoms with Crippen molar-refractivity contribution < 1.29 is 0 Å². The van der Waals surface area contributed by atoms with Gasteiger partial charge in [0.15, 0.2) is 0 Å². The molecule has 1 aliphatic rings. The van der Waals surface area contributed by atoms with E-state index in [1.165, 1.54) is 0 Å². The molecule has 0 aromatic carbocycles. The number of hydrogen-bond acceptors (Lipinski definition) is 2. The average molecular weight is 197 g/mol. The summed E-state index contributed by atoms with van der Waals surface area (Å²) >= 11 is 5.75. The van der Waals surface area contributed by atoms with Crippen molar-refractivity contribution >= 4 is 17.3 Å². The lowest BCUT2D eigenvalue weighted by atomic mass is 10.2. The van der Waals surface area contributed by atoms with Crippen LogP contribution < -0.4 is 0 Å². The summed E-state index contributed by atoms with van der Waals surface area (Å²) in [7, 11) is 0. The van der Waals surface area contributed by atoms with E-state index in [0.29, 0.717) is 5.03 Å². The fourth-order valence-electron chi connectivity index (χ4n) is 0.974. The highest BCUT2D eigenvalue weighted by Gasteiger charge is 2.06. The molecule has 0 unspecified atom stereocenters. The molecule has 1 aliphatic heterocycles. The van der Waals surface area contributed by atoms with Crippen LogP contribution in [0.1, 0.15) is 20.3 Å². The lowest BCUT2D eigenvalue weighted by molar-refractivity contribution is 0.508. The van der Waals surface area contributed by atoms with Crippen LogP contribution in [0.4, 0.5) is 0 Å². The highest BCUT2D eigenvalue weighted by molar-refractivity contribution is 6.29. The molecule has 1 rings (SSSR count). The topological polar surface area (TPSA) is 15.6 Å². The van der Waals surface area contributed by atoms with E-state index in [1.54, 1.807) is 11.2 Å². The number of halogens is 1. The normalized spacial score (nSPS) is 17.8. The van der Waals surface area contributed by atoms with Crippen LogP contribution >= 0.6 is 11.6 Å². The third-order valence-electron chi connectivity index (χ3n) is 1.66. The third kappa shape index (κ3) is 2.74. The van der Waals surface area contributed by atoms with Crippen LogP contribution in [-0.2, 0) is 0 Å². The van der Waals surface area contributed by atoms with Gasteiger partial charge in [0.1, 0.15) is 0 Å². The summed E-state index contributed by atoms with van der Waals surface area (Å²) in [5.74, 6) is 0. The maximum Gasteiger partial charge on any atom is 0.0611 e. The SMILES string of the molecule is C=C1C=CC(CC)=NN1/C=C(\C)Cl. The highest BCUT2D eigenvalue weighted by Crippen LogP contribution is 2.15. The first kappa shape index (κ1) is 10.1. The van der Waals surface area contributed by atoms with Crippen LogP contribution in [0.25, 0.3) is 0 Å². The van der Waals surface area contributed by atoms with Crippen molar-refractivity contribution in [3.05, 3.63) is 35.7 Å². The van der Waals surface area contributed by atoms with Gasteiger partial charge in [-0.05, 0) is 25.5 Å². The monoisotopic (exact) mass is 196 g/mol. The molecule has 0 aliphatic carbocycles. The van der Waals surface area contributed by atoms with E-state index in [-0.39, 0.29) is 0 Å². The van der Waals surface area contributed by atoms with Gasteiger partial charge in [0.25, 0.3) is 0 Å². The molecule has 13 heavy (non-hydrogen) atoms. The molecule has 0 spiro atoms. The molecule has 0 amide bonds.